The maximum absolute atomic E-state index is 14.8. The van der Waals surface area contributed by atoms with Gasteiger partial charge in [0.15, 0.2) is 0 Å². The Bertz CT molecular complexity index is 872. The van der Waals surface area contributed by atoms with Gasteiger partial charge in [-0.1, -0.05) is 0 Å². The number of rotatable bonds is 6. The number of halogens is 1. The molecule has 0 aromatic heterocycles. The molecule has 2 N–H and O–H groups in total. The highest BCUT2D eigenvalue weighted by Gasteiger charge is 2.33. The van der Waals surface area contributed by atoms with Gasteiger partial charge in [-0.2, -0.15) is 0 Å². The number of carbonyl (C=O) groups excluding carboxylic acids is 4. The number of hydrogen-bond donors (Lipinski definition) is 2. The summed E-state index contributed by atoms with van der Waals surface area (Å²) in [7, 11) is 0. The largest absolute Gasteiger partial charge is 0.442 e. The number of nitrogens with zero attached hydrogens (tertiary/aromatic N) is 3. The molecule has 2 heterocycles. The number of carbonyl (C=O) groups is 4. The van der Waals surface area contributed by atoms with Gasteiger partial charge < -0.3 is 15.0 Å². The van der Waals surface area contributed by atoms with E-state index in [0.717, 1.165) is 0 Å². The summed E-state index contributed by atoms with van der Waals surface area (Å²) < 4.78 is 20.0. The molecule has 0 unspecified atom stereocenters. The lowest BCUT2D eigenvalue weighted by Gasteiger charge is -2.36. The molecule has 168 valence electrons. The summed E-state index contributed by atoms with van der Waals surface area (Å²) in [4.78, 5) is 50.9. The second kappa shape index (κ2) is 9.73. The normalized spacial score (nSPS) is 19.2. The molecule has 0 aliphatic carbocycles. The number of ether oxygens (including phenoxy) is 1. The minimum Gasteiger partial charge on any atom is -0.442 e. The van der Waals surface area contributed by atoms with Gasteiger partial charge in [0.2, 0.25) is 17.7 Å². The van der Waals surface area contributed by atoms with Gasteiger partial charge in [0, 0.05) is 40.0 Å². The highest BCUT2D eigenvalue weighted by molar-refractivity contribution is 5.95. The van der Waals surface area contributed by atoms with Crippen LogP contribution in [0.1, 0.15) is 13.8 Å². The number of cyclic esters (lactones) is 1. The van der Waals surface area contributed by atoms with Gasteiger partial charge in [-0.15, -0.1) is 0 Å². The topological polar surface area (TPSA) is 111 Å². The Hall–Kier alpha value is -3.21. The van der Waals surface area contributed by atoms with Crippen molar-refractivity contribution in [3.8, 4) is 0 Å². The fraction of sp³-hybridized carbons (Fsp3) is 0.500. The Balaban J connectivity index is 1.57. The van der Waals surface area contributed by atoms with E-state index < -0.39 is 23.9 Å². The molecule has 2 saturated heterocycles. The molecule has 4 amide bonds. The van der Waals surface area contributed by atoms with Crippen LogP contribution in [0.4, 0.5) is 20.6 Å². The average molecular weight is 435 g/mol. The van der Waals surface area contributed by atoms with Crippen molar-refractivity contribution in [3.05, 3.63) is 24.0 Å². The van der Waals surface area contributed by atoms with Crippen LogP contribution >= 0.6 is 0 Å². The third kappa shape index (κ3) is 5.91. The van der Waals surface area contributed by atoms with Gasteiger partial charge in [0.1, 0.15) is 11.9 Å². The van der Waals surface area contributed by atoms with Crippen molar-refractivity contribution >= 4 is 35.2 Å². The molecule has 0 spiro atoms. The average Bonchev–Trinajstić information content (AvgIpc) is 3.07. The zero-order chi connectivity index (χ0) is 22.5. The van der Waals surface area contributed by atoms with Crippen molar-refractivity contribution in [1.29, 1.82) is 0 Å². The summed E-state index contributed by atoms with van der Waals surface area (Å²) in [5, 5.41) is 4.84. The number of imide groups is 1. The first-order valence-electron chi connectivity index (χ1n) is 10.0. The van der Waals surface area contributed by atoms with Gasteiger partial charge in [0.05, 0.1) is 31.0 Å². The first-order valence-corrected chi connectivity index (χ1v) is 10.0. The van der Waals surface area contributed by atoms with Crippen LogP contribution in [0.3, 0.4) is 0 Å². The highest BCUT2D eigenvalue weighted by atomic mass is 19.1. The quantitative estimate of drug-likeness (QED) is 0.651. The molecule has 2 aliphatic heterocycles. The lowest BCUT2D eigenvalue weighted by Crippen LogP contribution is -2.50. The molecule has 1 aromatic carbocycles. The number of piperazine rings is 1. The zero-order valence-electron chi connectivity index (χ0n) is 17.5. The predicted octanol–water partition coefficient (Wildman–Crippen LogP) is 0.0717. The first kappa shape index (κ1) is 22.5. The molecule has 10 nitrogen and oxygen atoms in total. The van der Waals surface area contributed by atoms with Crippen molar-refractivity contribution in [1.82, 2.24) is 15.5 Å². The van der Waals surface area contributed by atoms with Crippen molar-refractivity contribution in [2.24, 2.45) is 0 Å². The van der Waals surface area contributed by atoms with Crippen molar-refractivity contribution in [2.45, 2.75) is 20.0 Å². The predicted molar refractivity (Wildman–Crippen MR) is 110 cm³/mol. The summed E-state index contributed by atoms with van der Waals surface area (Å²) in [6.07, 6.45) is -1.08. The monoisotopic (exact) mass is 435 g/mol. The van der Waals surface area contributed by atoms with Gasteiger partial charge >= 0.3 is 6.09 Å². The fourth-order valence-electron chi connectivity index (χ4n) is 3.60. The third-order valence-corrected chi connectivity index (χ3v) is 5.09. The van der Waals surface area contributed by atoms with Crippen LogP contribution in [0, 0.1) is 5.82 Å². The lowest BCUT2D eigenvalue weighted by atomic mass is 10.2. The molecule has 31 heavy (non-hydrogen) atoms. The number of amides is 4. The summed E-state index contributed by atoms with van der Waals surface area (Å²) in [5.41, 5.74) is 0.801. The van der Waals surface area contributed by atoms with Crippen LogP contribution in [-0.2, 0) is 19.1 Å². The number of anilines is 2. The molecule has 2 aliphatic rings. The fourth-order valence-corrected chi connectivity index (χ4v) is 3.60. The standard InChI is InChI=1S/C20H26FN5O5/c1-13(27)22-10-16-11-26(20(30)31-16)15-3-4-18(17(21)9-15)25-7-5-24(6-8-25)12-19(29)23-14(2)28/h3-4,9,16H,5-8,10-12H2,1-2H3,(H,22,27)(H,23,28,29)/t16-/m0/s1. The molecule has 3 rings (SSSR count). The van der Waals surface area contributed by atoms with Crippen LogP contribution in [0.15, 0.2) is 18.2 Å². The number of benzene rings is 1. The maximum atomic E-state index is 14.8. The van der Waals surface area contributed by atoms with Crippen LogP contribution in [0.25, 0.3) is 0 Å². The van der Waals surface area contributed by atoms with E-state index in [1.165, 1.54) is 24.8 Å². The highest BCUT2D eigenvalue weighted by Crippen LogP contribution is 2.28. The smallest absolute Gasteiger partial charge is 0.414 e. The van der Waals surface area contributed by atoms with Crippen LogP contribution in [0.5, 0.6) is 0 Å². The summed E-state index contributed by atoms with van der Waals surface area (Å²) in [5.74, 6) is -1.43. The molecule has 0 saturated carbocycles. The van der Waals surface area contributed by atoms with Crippen LogP contribution < -0.4 is 20.4 Å². The van der Waals surface area contributed by atoms with Crippen molar-refractivity contribution in [2.75, 3.05) is 55.6 Å². The van der Waals surface area contributed by atoms with E-state index >= 15 is 0 Å². The molecule has 0 bridgehead atoms. The van der Waals surface area contributed by atoms with Gasteiger partial charge in [0.25, 0.3) is 0 Å². The molecular weight excluding hydrogens is 409 g/mol. The Kier molecular flexibility index (Phi) is 7.06. The molecule has 1 aromatic rings. The maximum Gasteiger partial charge on any atom is 0.414 e. The van der Waals surface area contributed by atoms with E-state index in [1.54, 1.807) is 12.1 Å². The Morgan fingerprint density at radius 2 is 1.84 bits per heavy atom. The van der Waals surface area contributed by atoms with Gasteiger partial charge in [-0.05, 0) is 18.2 Å². The molecule has 0 radical (unpaired) electrons. The van der Waals surface area contributed by atoms with E-state index in [9.17, 15) is 23.6 Å². The Morgan fingerprint density at radius 3 is 2.45 bits per heavy atom. The van der Waals surface area contributed by atoms with E-state index in [-0.39, 0.29) is 31.4 Å². The van der Waals surface area contributed by atoms with Crippen molar-refractivity contribution in [3.63, 3.8) is 0 Å². The van der Waals surface area contributed by atoms with Crippen LogP contribution in [-0.4, -0.2) is 80.6 Å². The lowest BCUT2D eigenvalue weighted by molar-refractivity contribution is -0.130. The zero-order valence-corrected chi connectivity index (χ0v) is 17.5. The third-order valence-electron chi connectivity index (χ3n) is 5.09. The van der Waals surface area contributed by atoms with Gasteiger partial charge in [-0.25, -0.2) is 9.18 Å². The SMILES string of the molecule is CC(=O)NC[C@H]1CN(c2ccc(N3CCN(CC(=O)NC(C)=O)CC3)c(F)c2)C(=O)O1. The first-order chi connectivity index (χ1) is 14.7. The number of nitrogens with one attached hydrogen (secondary N) is 2. The van der Waals surface area contributed by atoms with E-state index in [4.69, 9.17) is 4.74 Å². The minimum absolute atomic E-state index is 0.117. The molecule has 11 heteroatoms. The van der Waals surface area contributed by atoms with Crippen molar-refractivity contribution < 1.29 is 28.3 Å². The van der Waals surface area contributed by atoms with E-state index in [0.29, 0.717) is 37.6 Å². The summed E-state index contributed by atoms with van der Waals surface area (Å²) >= 11 is 0. The Morgan fingerprint density at radius 1 is 1.13 bits per heavy atom. The summed E-state index contributed by atoms with van der Waals surface area (Å²) in [6.45, 7) is 5.35. The van der Waals surface area contributed by atoms with E-state index in [2.05, 4.69) is 10.6 Å². The molecular formula is C20H26FN5O5. The molecule has 2 fully saturated rings. The minimum atomic E-state index is -0.583. The Labute approximate surface area is 179 Å². The summed E-state index contributed by atoms with van der Waals surface area (Å²) in [6, 6.07) is 4.58. The molecule has 1 atom stereocenters. The van der Waals surface area contributed by atoms with Crippen LogP contribution in [0.2, 0.25) is 0 Å². The van der Waals surface area contributed by atoms with E-state index in [1.807, 2.05) is 9.80 Å². The van der Waals surface area contributed by atoms with Gasteiger partial charge in [-0.3, -0.25) is 29.5 Å². The second-order valence-corrected chi connectivity index (χ2v) is 7.56. The number of hydrogen-bond acceptors (Lipinski definition) is 7. The second-order valence-electron chi connectivity index (χ2n) is 7.56.